The molecule has 0 spiro atoms. The van der Waals surface area contributed by atoms with Gasteiger partial charge in [-0.15, -0.1) is 0 Å². The number of amides is 1. The first-order valence-corrected chi connectivity index (χ1v) is 8.96. The monoisotopic (exact) mass is 396 g/mol. The number of nitro groups is 1. The minimum atomic E-state index is -1.03. The Kier molecular flexibility index (Phi) is 5.63. The predicted molar refractivity (Wildman–Crippen MR) is 107 cm³/mol. The maximum absolute atomic E-state index is 12.3. The van der Waals surface area contributed by atoms with Crippen molar-refractivity contribution < 1.29 is 23.7 Å². The van der Waals surface area contributed by atoms with Gasteiger partial charge in [0.05, 0.1) is 17.6 Å². The molecule has 150 valence electrons. The van der Waals surface area contributed by atoms with Gasteiger partial charge in [0.25, 0.3) is 11.6 Å². The third kappa shape index (κ3) is 4.60. The standard InChI is InChI=1S/C21H20N2O6/c1-12-8-18-15(11-28-19(18)9-13(12)2)10-20(24)29-14(3)21(25)22-16-4-6-17(7-5-16)23(26)27/h4-9,11,14H,10H2,1-3H3,(H,22,25)/t14-/m1/s1. The number of ether oxygens (including phenoxy) is 1. The number of furan rings is 1. The molecule has 2 aromatic carbocycles. The van der Waals surface area contributed by atoms with E-state index in [1.165, 1.54) is 37.5 Å². The number of esters is 1. The lowest BCUT2D eigenvalue weighted by atomic mass is 10.0. The van der Waals surface area contributed by atoms with Crippen molar-refractivity contribution in [2.45, 2.75) is 33.3 Å². The van der Waals surface area contributed by atoms with Crippen molar-refractivity contribution in [1.29, 1.82) is 0 Å². The fraction of sp³-hybridized carbons (Fsp3) is 0.238. The van der Waals surface area contributed by atoms with E-state index >= 15 is 0 Å². The molecule has 0 aliphatic heterocycles. The number of fused-ring (bicyclic) bond motifs is 1. The van der Waals surface area contributed by atoms with Crippen LogP contribution < -0.4 is 5.32 Å². The van der Waals surface area contributed by atoms with Crippen molar-refractivity contribution in [3.8, 4) is 0 Å². The molecular formula is C21H20N2O6. The summed E-state index contributed by atoms with van der Waals surface area (Å²) in [5.74, 6) is -1.09. The highest BCUT2D eigenvalue weighted by Gasteiger charge is 2.20. The number of benzene rings is 2. The highest BCUT2D eigenvalue weighted by molar-refractivity contribution is 5.95. The van der Waals surface area contributed by atoms with Crippen molar-refractivity contribution >= 4 is 34.2 Å². The molecule has 0 fully saturated rings. The van der Waals surface area contributed by atoms with Crippen LogP contribution in [0.5, 0.6) is 0 Å². The van der Waals surface area contributed by atoms with E-state index < -0.39 is 22.9 Å². The van der Waals surface area contributed by atoms with Gasteiger partial charge in [0.15, 0.2) is 6.10 Å². The summed E-state index contributed by atoms with van der Waals surface area (Å²) < 4.78 is 10.7. The Morgan fingerprint density at radius 2 is 1.83 bits per heavy atom. The molecule has 1 N–H and O–H groups in total. The van der Waals surface area contributed by atoms with Gasteiger partial charge in [-0.3, -0.25) is 19.7 Å². The number of carbonyl (C=O) groups is 2. The number of rotatable bonds is 6. The Labute approximate surface area is 166 Å². The van der Waals surface area contributed by atoms with E-state index in [1.54, 1.807) is 0 Å². The highest BCUT2D eigenvalue weighted by Crippen LogP contribution is 2.25. The summed E-state index contributed by atoms with van der Waals surface area (Å²) in [4.78, 5) is 34.6. The second kappa shape index (κ2) is 8.14. The van der Waals surface area contributed by atoms with Crippen LogP contribution in [0.3, 0.4) is 0 Å². The summed E-state index contributed by atoms with van der Waals surface area (Å²) in [5.41, 5.74) is 3.85. The van der Waals surface area contributed by atoms with Crippen LogP contribution >= 0.6 is 0 Å². The van der Waals surface area contributed by atoms with Crippen LogP contribution in [0.1, 0.15) is 23.6 Å². The fourth-order valence-electron chi connectivity index (χ4n) is 2.83. The summed E-state index contributed by atoms with van der Waals surface area (Å²) in [6, 6.07) is 9.25. The normalized spacial score (nSPS) is 11.8. The fourth-order valence-corrected chi connectivity index (χ4v) is 2.83. The lowest BCUT2D eigenvalue weighted by Gasteiger charge is -2.13. The number of hydrogen-bond donors (Lipinski definition) is 1. The quantitative estimate of drug-likeness (QED) is 0.382. The number of aryl methyl sites for hydroxylation is 2. The first-order chi connectivity index (χ1) is 13.7. The third-order valence-corrected chi connectivity index (χ3v) is 4.63. The topological polar surface area (TPSA) is 112 Å². The van der Waals surface area contributed by atoms with Crippen molar-refractivity contribution in [3.63, 3.8) is 0 Å². The second-order valence-corrected chi connectivity index (χ2v) is 6.80. The number of anilines is 1. The van der Waals surface area contributed by atoms with Crippen molar-refractivity contribution in [2.75, 3.05) is 5.32 Å². The Morgan fingerprint density at radius 3 is 2.48 bits per heavy atom. The van der Waals surface area contributed by atoms with Crippen LogP contribution in [0.15, 0.2) is 47.1 Å². The van der Waals surface area contributed by atoms with E-state index in [4.69, 9.17) is 9.15 Å². The molecular weight excluding hydrogens is 376 g/mol. The molecule has 0 saturated heterocycles. The van der Waals surface area contributed by atoms with Gasteiger partial charge in [-0.1, -0.05) is 0 Å². The second-order valence-electron chi connectivity index (χ2n) is 6.80. The number of carbonyl (C=O) groups excluding carboxylic acids is 2. The molecule has 1 amide bonds. The molecule has 0 bridgehead atoms. The molecule has 0 saturated carbocycles. The van der Waals surface area contributed by atoms with Gasteiger partial charge in [0.1, 0.15) is 5.58 Å². The lowest BCUT2D eigenvalue weighted by molar-refractivity contribution is -0.384. The number of nitro benzene ring substituents is 1. The first-order valence-electron chi connectivity index (χ1n) is 8.96. The first kappa shape index (κ1) is 20.1. The third-order valence-electron chi connectivity index (χ3n) is 4.63. The maximum atomic E-state index is 12.3. The van der Waals surface area contributed by atoms with Crippen molar-refractivity contribution in [1.82, 2.24) is 0 Å². The van der Waals surface area contributed by atoms with Gasteiger partial charge in [-0.25, -0.2) is 0 Å². The van der Waals surface area contributed by atoms with Gasteiger partial charge >= 0.3 is 5.97 Å². The van der Waals surface area contributed by atoms with E-state index in [0.29, 0.717) is 16.8 Å². The molecule has 1 atom stereocenters. The van der Waals surface area contributed by atoms with Gasteiger partial charge in [0.2, 0.25) is 0 Å². The molecule has 8 nitrogen and oxygen atoms in total. The van der Waals surface area contributed by atoms with Crippen molar-refractivity contribution in [2.24, 2.45) is 0 Å². The van der Waals surface area contributed by atoms with Gasteiger partial charge in [-0.05, 0) is 56.2 Å². The van der Waals surface area contributed by atoms with E-state index in [2.05, 4.69) is 5.32 Å². The molecule has 0 aliphatic rings. The Morgan fingerprint density at radius 1 is 1.17 bits per heavy atom. The maximum Gasteiger partial charge on any atom is 0.311 e. The summed E-state index contributed by atoms with van der Waals surface area (Å²) in [7, 11) is 0. The van der Waals surface area contributed by atoms with Gasteiger partial charge < -0.3 is 14.5 Å². The molecule has 1 aromatic heterocycles. The van der Waals surface area contributed by atoms with E-state index in [-0.39, 0.29) is 12.1 Å². The van der Waals surface area contributed by atoms with Crippen LogP contribution in [-0.4, -0.2) is 22.9 Å². The predicted octanol–water partition coefficient (Wildman–Crippen LogP) is 4.07. The number of nitrogens with one attached hydrogen (secondary N) is 1. The Hall–Kier alpha value is -3.68. The molecule has 0 aliphatic carbocycles. The zero-order chi connectivity index (χ0) is 21.1. The molecule has 0 unspecified atom stereocenters. The number of nitrogens with zero attached hydrogens (tertiary/aromatic N) is 1. The Balaban J connectivity index is 1.60. The van der Waals surface area contributed by atoms with E-state index in [9.17, 15) is 19.7 Å². The summed E-state index contributed by atoms with van der Waals surface area (Å²) in [6.45, 7) is 5.42. The minimum absolute atomic E-state index is 0.0232. The minimum Gasteiger partial charge on any atom is -0.464 e. The molecule has 3 rings (SSSR count). The zero-order valence-corrected chi connectivity index (χ0v) is 16.2. The summed E-state index contributed by atoms with van der Waals surface area (Å²) >= 11 is 0. The van der Waals surface area contributed by atoms with Crippen molar-refractivity contribution in [3.05, 3.63) is 69.5 Å². The van der Waals surface area contributed by atoms with E-state index in [1.807, 2.05) is 26.0 Å². The van der Waals surface area contributed by atoms with Crippen LogP contribution in [0.25, 0.3) is 11.0 Å². The van der Waals surface area contributed by atoms with Crippen LogP contribution in [0.2, 0.25) is 0 Å². The number of hydrogen-bond acceptors (Lipinski definition) is 6. The lowest BCUT2D eigenvalue weighted by Crippen LogP contribution is -2.30. The largest absolute Gasteiger partial charge is 0.464 e. The van der Waals surface area contributed by atoms with Gasteiger partial charge in [-0.2, -0.15) is 0 Å². The summed E-state index contributed by atoms with van der Waals surface area (Å²) in [5, 5.41) is 14.1. The van der Waals surface area contributed by atoms with Crippen LogP contribution in [0, 0.1) is 24.0 Å². The SMILES string of the molecule is Cc1cc2occ(CC(=O)O[C@H](C)C(=O)Nc3ccc([N+](=O)[O-])cc3)c2cc1C. The number of non-ortho nitro benzene ring substituents is 1. The van der Waals surface area contributed by atoms with E-state index in [0.717, 1.165) is 16.5 Å². The van der Waals surface area contributed by atoms with Crippen LogP contribution in [0.4, 0.5) is 11.4 Å². The highest BCUT2D eigenvalue weighted by atomic mass is 16.6. The molecule has 3 aromatic rings. The zero-order valence-electron chi connectivity index (χ0n) is 16.2. The molecule has 8 heteroatoms. The molecule has 1 heterocycles. The average Bonchev–Trinajstić information content (AvgIpc) is 3.03. The molecule has 0 radical (unpaired) electrons. The average molecular weight is 396 g/mol. The molecule has 29 heavy (non-hydrogen) atoms. The van der Waals surface area contributed by atoms with Crippen LogP contribution in [-0.2, 0) is 20.7 Å². The van der Waals surface area contributed by atoms with Gasteiger partial charge in [0, 0.05) is 28.8 Å². The smallest absolute Gasteiger partial charge is 0.311 e. The summed E-state index contributed by atoms with van der Waals surface area (Å²) in [6.07, 6.45) is 0.469. The Bertz CT molecular complexity index is 1080.